The van der Waals surface area contributed by atoms with E-state index in [1.807, 2.05) is 13.0 Å². The van der Waals surface area contributed by atoms with Crippen molar-refractivity contribution >= 4 is 17.4 Å². The molecular formula is C13H15N5O3. The molecule has 0 saturated heterocycles. The SMILES string of the molecule is CCNc1c(C#N)c(=O)n2ncc(C(=O)OCC)c2n1C. The van der Waals surface area contributed by atoms with Crippen LogP contribution in [0.5, 0.6) is 0 Å². The monoisotopic (exact) mass is 289 g/mol. The van der Waals surface area contributed by atoms with Crippen LogP contribution in [0.3, 0.4) is 0 Å². The summed E-state index contributed by atoms with van der Waals surface area (Å²) in [4.78, 5) is 24.2. The van der Waals surface area contributed by atoms with Gasteiger partial charge in [-0.05, 0) is 13.8 Å². The molecule has 0 aromatic carbocycles. The summed E-state index contributed by atoms with van der Waals surface area (Å²) in [6.45, 7) is 4.29. The van der Waals surface area contributed by atoms with Crippen molar-refractivity contribution in [3.05, 3.63) is 27.7 Å². The van der Waals surface area contributed by atoms with Crippen molar-refractivity contribution in [1.82, 2.24) is 14.2 Å². The maximum atomic E-state index is 12.3. The molecule has 0 spiro atoms. The van der Waals surface area contributed by atoms with Gasteiger partial charge in [-0.25, -0.2) is 4.79 Å². The number of nitriles is 1. The van der Waals surface area contributed by atoms with E-state index >= 15 is 0 Å². The number of carbonyl (C=O) groups excluding carboxylic acids is 1. The zero-order valence-corrected chi connectivity index (χ0v) is 12.0. The number of esters is 1. The van der Waals surface area contributed by atoms with Gasteiger partial charge in [0.2, 0.25) is 0 Å². The Labute approximate surface area is 120 Å². The molecule has 0 atom stereocenters. The lowest BCUT2D eigenvalue weighted by Crippen LogP contribution is -2.25. The average Bonchev–Trinajstić information content (AvgIpc) is 2.90. The van der Waals surface area contributed by atoms with E-state index in [9.17, 15) is 14.9 Å². The lowest BCUT2D eigenvalue weighted by atomic mass is 10.3. The van der Waals surface area contributed by atoms with E-state index < -0.39 is 11.5 Å². The number of aromatic nitrogens is 3. The van der Waals surface area contributed by atoms with Crippen molar-refractivity contribution in [3.63, 3.8) is 0 Å². The molecule has 0 amide bonds. The van der Waals surface area contributed by atoms with Crippen LogP contribution < -0.4 is 10.9 Å². The molecule has 2 heterocycles. The molecule has 0 aliphatic carbocycles. The summed E-state index contributed by atoms with van der Waals surface area (Å²) < 4.78 is 7.54. The fraction of sp³-hybridized carbons (Fsp3) is 0.385. The van der Waals surface area contributed by atoms with Gasteiger partial charge in [-0.3, -0.25) is 4.79 Å². The second kappa shape index (κ2) is 5.66. The van der Waals surface area contributed by atoms with Crippen molar-refractivity contribution in [3.8, 4) is 6.07 Å². The van der Waals surface area contributed by atoms with Gasteiger partial charge in [0.1, 0.15) is 17.5 Å². The number of hydrogen-bond donors (Lipinski definition) is 1. The lowest BCUT2D eigenvalue weighted by Gasteiger charge is -2.13. The Balaban J connectivity index is 2.83. The van der Waals surface area contributed by atoms with Gasteiger partial charge >= 0.3 is 5.97 Å². The minimum atomic E-state index is -0.572. The molecule has 0 radical (unpaired) electrons. The number of nitrogens with zero attached hydrogens (tertiary/aromatic N) is 4. The van der Waals surface area contributed by atoms with E-state index in [1.165, 1.54) is 6.20 Å². The number of aryl methyl sites for hydroxylation is 1. The highest BCUT2D eigenvalue weighted by molar-refractivity contribution is 5.96. The standard InChI is InChI=1S/C13H15N5O3/c1-4-15-10-8(6-14)12(19)18-11(17(10)3)9(7-16-18)13(20)21-5-2/h7,15H,4-5H2,1-3H3. The lowest BCUT2D eigenvalue weighted by molar-refractivity contribution is 0.0528. The van der Waals surface area contributed by atoms with Crippen LogP contribution in [0.15, 0.2) is 11.0 Å². The quantitative estimate of drug-likeness (QED) is 0.823. The number of ether oxygens (including phenoxy) is 1. The molecule has 0 unspecified atom stereocenters. The first-order valence-electron chi connectivity index (χ1n) is 6.48. The van der Waals surface area contributed by atoms with Crippen LogP contribution >= 0.6 is 0 Å². The molecule has 1 N–H and O–H groups in total. The number of nitrogens with one attached hydrogen (secondary N) is 1. The fourth-order valence-corrected chi connectivity index (χ4v) is 2.12. The molecule has 21 heavy (non-hydrogen) atoms. The Kier molecular flexibility index (Phi) is 3.93. The largest absolute Gasteiger partial charge is 0.462 e. The molecule has 8 nitrogen and oxygen atoms in total. The van der Waals surface area contributed by atoms with Gasteiger partial charge in [-0.2, -0.15) is 14.9 Å². The normalized spacial score (nSPS) is 10.4. The van der Waals surface area contributed by atoms with Crippen molar-refractivity contribution in [1.29, 1.82) is 5.26 Å². The van der Waals surface area contributed by atoms with E-state index in [-0.39, 0.29) is 23.4 Å². The second-order valence-electron chi connectivity index (χ2n) is 4.24. The summed E-state index contributed by atoms with van der Waals surface area (Å²) in [6.07, 6.45) is 1.27. The molecular weight excluding hydrogens is 274 g/mol. The van der Waals surface area contributed by atoms with Crippen LogP contribution in [-0.2, 0) is 11.8 Å². The summed E-state index contributed by atoms with van der Waals surface area (Å²) >= 11 is 0. The third-order valence-electron chi connectivity index (χ3n) is 2.99. The van der Waals surface area contributed by atoms with Gasteiger partial charge in [-0.15, -0.1) is 0 Å². The minimum absolute atomic E-state index is 0.0506. The average molecular weight is 289 g/mol. The zero-order valence-electron chi connectivity index (χ0n) is 12.0. The maximum absolute atomic E-state index is 12.3. The summed E-state index contributed by atoms with van der Waals surface area (Å²) in [5.41, 5.74) is -0.157. The van der Waals surface area contributed by atoms with Crippen LogP contribution in [0, 0.1) is 11.3 Å². The van der Waals surface area contributed by atoms with Gasteiger partial charge in [0, 0.05) is 13.6 Å². The van der Waals surface area contributed by atoms with E-state index in [1.54, 1.807) is 18.5 Å². The highest BCUT2D eigenvalue weighted by Gasteiger charge is 2.22. The smallest absolute Gasteiger partial charge is 0.343 e. The van der Waals surface area contributed by atoms with Gasteiger partial charge in [0.05, 0.1) is 12.8 Å². The third-order valence-corrected chi connectivity index (χ3v) is 2.99. The number of rotatable bonds is 4. The zero-order chi connectivity index (χ0) is 15.6. The minimum Gasteiger partial charge on any atom is -0.462 e. The molecule has 0 saturated carbocycles. The number of fused-ring (bicyclic) bond motifs is 1. The molecule has 0 fully saturated rings. The van der Waals surface area contributed by atoms with Gasteiger partial charge < -0.3 is 14.6 Å². The highest BCUT2D eigenvalue weighted by Crippen LogP contribution is 2.17. The topological polar surface area (TPSA) is 101 Å². The summed E-state index contributed by atoms with van der Waals surface area (Å²) in [5, 5.41) is 16.0. The summed E-state index contributed by atoms with van der Waals surface area (Å²) in [7, 11) is 1.65. The number of carbonyl (C=O) groups is 1. The Bertz CT molecular complexity index is 797. The van der Waals surface area contributed by atoms with Crippen molar-refractivity contribution < 1.29 is 9.53 Å². The second-order valence-corrected chi connectivity index (χ2v) is 4.24. The van der Waals surface area contributed by atoms with E-state index in [2.05, 4.69) is 10.4 Å². The molecule has 0 aliphatic heterocycles. The summed E-state index contributed by atoms with van der Waals surface area (Å²) in [5.74, 6) is -0.210. The van der Waals surface area contributed by atoms with Crippen LogP contribution in [0.2, 0.25) is 0 Å². The van der Waals surface area contributed by atoms with Crippen molar-refractivity contribution in [2.24, 2.45) is 7.05 Å². The van der Waals surface area contributed by atoms with Gasteiger partial charge in [0.25, 0.3) is 5.56 Å². The first-order chi connectivity index (χ1) is 10.1. The van der Waals surface area contributed by atoms with Gasteiger partial charge in [0.15, 0.2) is 11.2 Å². The van der Waals surface area contributed by atoms with Crippen molar-refractivity contribution in [2.75, 3.05) is 18.5 Å². The number of hydrogen-bond acceptors (Lipinski definition) is 6. The van der Waals surface area contributed by atoms with Crippen LogP contribution in [0.4, 0.5) is 5.82 Å². The van der Waals surface area contributed by atoms with E-state index in [0.29, 0.717) is 12.4 Å². The molecule has 110 valence electrons. The molecule has 0 bridgehead atoms. The Morgan fingerprint density at radius 1 is 1.52 bits per heavy atom. The highest BCUT2D eigenvalue weighted by atomic mass is 16.5. The Hall–Kier alpha value is -2.82. The Morgan fingerprint density at radius 3 is 2.81 bits per heavy atom. The van der Waals surface area contributed by atoms with Crippen molar-refractivity contribution in [2.45, 2.75) is 13.8 Å². The first-order valence-corrected chi connectivity index (χ1v) is 6.48. The number of anilines is 1. The Morgan fingerprint density at radius 2 is 2.24 bits per heavy atom. The van der Waals surface area contributed by atoms with Gasteiger partial charge in [-0.1, -0.05) is 0 Å². The third kappa shape index (κ3) is 2.23. The first kappa shape index (κ1) is 14.6. The van der Waals surface area contributed by atoms with Crippen LogP contribution in [0.1, 0.15) is 29.8 Å². The predicted molar refractivity (Wildman–Crippen MR) is 75.3 cm³/mol. The summed E-state index contributed by atoms with van der Waals surface area (Å²) in [6, 6.07) is 1.87. The van der Waals surface area contributed by atoms with Crippen LogP contribution in [-0.4, -0.2) is 33.3 Å². The van der Waals surface area contributed by atoms with Crippen LogP contribution in [0.25, 0.3) is 5.65 Å². The molecule has 2 aromatic rings. The molecule has 0 aliphatic rings. The molecule has 8 heteroatoms. The fourth-order valence-electron chi connectivity index (χ4n) is 2.12. The maximum Gasteiger partial charge on any atom is 0.343 e. The molecule has 2 rings (SSSR count). The molecule has 2 aromatic heterocycles. The van der Waals surface area contributed by atoms with E-state index in [0.717, 1.165) is 4.52 Å². The van der Waals surface area contributed by atoms with E-state index in [4.69, 9.17) is 4.74 Å². The predicted octanol–water partition coefficient (Wildman–Crippen LogP) is 0.513.